The molecule has 0 unspecified atom stereocenters. The van der Waals surface area contributed by atoms with Crippen LogP contribution in [0.1, 0.15) is 27.2 Å². The number of nitrogens with zero attached hydrogens (tertiary/aromatic N) is 3. The smallest absolute Gasteiger partial charge is 0.332 e. The normalized spacial score (nSPS) is 17.7. The number of aromatic amines is 1. The summed E-state index contributed by atoms with van der Waals surface area (Å²) in [6.45, 7) is 11.5. The van der Waals surface area contributed by atoms with E-state index in [4.69, 9.17) is 0 Å². The van der Waals surface area contributed by atoms with Crippen LogP contribution >= 0.6 is 11.8 Å². The van der Waals surface area contributed by atoms with Crippen molar-refractivity contribution < 1.29 is 9.69 Å². The third-order valence-electron chi connectivity index (χ3n) is 4.08. The highest BCUT2D eigenvalue weighted by Crippen LogP contribution is 2.21. The number of carbonyl (C=O) groups excluding carboxylic acids is 1. The van der Waals surface area contributed by atoms with Gasteiger partial charge >= 0.3 is 5.69 Å². The van der Waals surface area contributed by atoms with Crippen molar-refractivity contribution in [1.29, 1.82) is 0 Å². The monoisotopic (exact) mass is 328 g/mol. The number of hydrogen-bond donors (Lipinski definition) is 2. The van der Waals surface area contributed by atoms with E-state index in [0.29, 0.717) is 11.7 Å². The zero-order valence-electron chi connectivity index (χ0n) is 13.6. The van der Waals surface area contributed by atoms with Crippen LogP contribution in [0.15, 0.2) is 9.95 Å². The molecular weight excluding hydrogens is 302 g/mol. The highest BCUT2D eigenvalue weighted by atomic mass is 32.2. The molecule has 7 nitrogen and oxygen atoms in total. The number of nitrogens with one attached hydrogen (secondary N) is 2. The minimum Gasteiger partial charge on any atom is -0.332 e. The fourth-order valence-corrected chi connectivity index (χ4v) is 3.64. The van der Waals surface area contributed by atoms with Gasteiger partial charge in [0.25, 0.3) is 0 Å². The fraction of sp³-hybridized carbons (Fsp3) is 0.786. The molecule has 0 radical (unpaired) electrons. The molecule has 1 saturated heterocycles. The molecule has 1 aliphatic rings. The second kappa shape index (κ2) is 7.82. The van der Waals surface area contributed by atoms with Gasteiger partial charge < -0.3 is 9.80 Å². The van der Waals surface area contributed by atoms with Crippen molar-refractivity contribution in [3.63, 3.8) is 0 Å². The molecule has 1 amide bonds. The summed E-state index contributed by atoms with van der Waals surface area (Å²) in [6, 6.07) is 0. The highest BCUT2D eigenvalue weighted by molar-refractivity contribution is 8.00. The molecule has 0 saturated carbocycles. The molecule has 0 spiro atoms. The van der Waals surface area contributed by atoms with Crippen molar-refractivity contribution in [2.45, 2.75) is 44.1 Å². The first kappa shape index (κ1) is 17.1. The van der Waals surface area contributed by atoms with Crippen LogP contribution in [0.25, 0.3) is 0 Å². The minimum atomic E-state index is -0.228. The van der Waals surface area contributed by atoms with E-state index in [1.807, 2.05) is 18.7 Å². The van der Waals surface area contributed by atoms with Crippen molar-refractivity contribution >= 4 is 17.7 Å². The Labute approximate surface area is 135 Å². The van der Waals surface area contributed by atoms with Crippen molar-refractivity contribution in [3.05, 3.63) is 10.5 Å². The molecule has 2 N–H and O–H groups in total. The van der Waals surface area contributed by atoms with Crippen molar-refractivity contribution in [1.82, 2.24) is 19.7 Å². The molecule has 1 aliphatic heterocycles. The molecule has 0 bridgehead atoms. The van der Waals surface area contributed by atoms with Crippen LogP contribution in [0.4, 0.5) is 0 Å². The Hall–Kier alpha value is -1.28. The molecule has 1 aromatic heterocycles. The van der Waals surface area contributed by atoms with E-state index in [1.165, 1.54) is 11.8 Å². The first-order chi connectivity index (χ1) is 10.6. The van der Waals surface area contributed by atoms with Crippen LogP contribution in [0.3, 0.4) is 0 Å². The first-order valence-corrected chi connectivity index (χ1v) is 8.89. The van der Waals surface area contributed by atoms with Gasteiger partial charge in [-0.25, -0.2) is 9.89 Å². The summed E-state index contributed by atoms with van der Waals surface area (Å²) in [4.78, 5) is 27.7. The summed E-state index contributed by atoms with van der Waals surface area (Å²) < 4.78 is 1.60. The molecule has 0 aromatic carbocycles. The largest absolute Gasteiger partial charge is 0.343 e. The van der Waals surface area contributed by atoms with Crippen LogP contribution < -0.4 is 10.6 Å². The zero-order valence-corrected chi connectivity index (χ0v) is 14.4. The Morgan fingerprint density at radius 1 is 1.41 bits per heavy atom. The fourth-order valence-electron chi connectivity index (χ4n) is 2.68. The number of amides is 1. The summed E-state index contributed by atoms with van der Waals surface area (Å²) in [5.74, 6) is 0.138. The first-order valence-electron chi connectivity index (χ1n) is 8.01. The maximum Gasteiger partial charge on any atom is 0.343 e. The molecule has 8 heteroatoms. The molecular formula is C14H26N5O2S+. The van der Waals surface area contributed by atoms with Gasteiger partial charge in [-0.2, -0.15) is 0 Å². The zero-order chi connectivity index (χ0) is 16.1. The number of rotatable bonds is 6. The number of hydrogen-bond acceptors (Lipinski definition) is 4. The van der Waals surface area contributed by atoms with Gasteiger partial charge in [-0.1, -0.05) is 18.7 Å². The van der Waals surface area contributed by atoms with Crippen molar-refractivity contribution in [3.8, 4) is 0 Å². The molecule has 124 valence electrons. The van der Waals surface area contributed by atoms with Gasteiger partial charge in [0, 0.05) is 6.54 Å². The lowest BCUT2D eigenvalue weighted by Gasteiger charge is -2.32. The molecule has 1 fully saturated rings. The lowest BCUT2D eigenvalue weighted by atomic mass is 10.3. The summed E-state index contributed by atoms with van der Waals surface area (Å²) in [7, 11) is 0. The summed E-state index contributed by atoms with van der Waals surface area (Å²) >= 11 is 1.36. The minimum absolute atomic E-state index is 0.138. The topological polar surface area (TPSA) is 75.4 Å². The number of aromatic nitrogens is 3. The molecule has 1 aromatic rings. The van der Waals surface area contributed by atoms with Gasteiger partial charge in [0.05, 0.1) is 38.0 Å². The van der Waals surface area contributed by atoms with E-state index in [-0.39, 0.29) is 16.8 Å². The second-order valence-electron chi connectivity index (χ2n) is 5.65. The van der Waals surface area contributed by atoms with E-state index < -0.39 is 0 Å². The quantitative estimate of drug-likeness (QED) is 0.671. The Morgan fingerprint density at radius 3 is 2.68 bits per heavy atom. The summed E-state index contributed by atoms with van der Waals surface area (Å²) in [5.41, 5.74) is -0.204. The van der Waals surface area contributed by atoms with Crippen LogP contribution in [-0.2, 0) is 11.3 Å². The summed E-state index contributed by atoms with van der Waals surface area (Å²) in [5, 5.41) is 6.88. The van der Waals surface area contributed by atoms with Gasteiger partial charge in [0.2, 0.25) is 5.91 Å². The van der Waals surface area contributed by atoms with Gasteiger partial charge in [0.15, 0.2) is 5.16 Å². The third kappa shape index (κ3) is 3.92. The maximum absolute atomic E-state index is 12.5. The van der Waals surface area contributed by atoms with Gasteiger partial charge in [-0.3, -0.25) is 9.36 Å². The summed E-state index contributed by atoms with van der Waals surface area (Å²) in [6.07, 6.45) is 0.858. The number of H-pyrrole nitrogens is 1. The standard InChI is InChI=1S/C14H25N5O2S/c1-4-6-19-13(21)15-16-14(19)22-11(3)12(20)18-9-7-17(5-2)8-10-18/h11H,4-10H2,1-3H3,(H,15,21)/p+1/t11-/m1/s1. The number of thioether (sulfide) groups is 1. The molecule has 1 atom stereocenters. The number of piperazine rings is 1. The number of likely N-dealkylation sites (N-methyl/N-ethyl adjacent to an activating group) is 1. The lowest BCUT2D eigenvalue weighted by Crippen LogP contribution is -3.14. The van der Waals surface area contributed by atoms with Crippen LogP contribution in [0, 0.1) is 0 Å². The van der Waals surface area contributed by atoms with Gasteiger partial charge in [0.1, 0.15) is 0 Å². The van der Waals surface area contributed by atoms with Gasteiger partial charge in [-0.15, -0.1) is 5.10 Å². The Morgan fingerprint density at radius 2 is 2.09 bits per heavy atom. The van der Waals surface area contributed by atoms with Crippen LogP contribution in [0.2, 0.25) is 0 Å². The highest BCUT2D eigenvalue weighted by Gasteiger charge is 2.27. The maximum atomic E-state index is 12.5. The molecule has 22 heavy (non-hydrogen) atoms. The van der Waals surface area contributed by atoms with Crippen LogP contribution in [0.5, 0.6) is 0 Å². The Kier molecular flexibility index (Phi) is 6.07. The number of carbonyl (C=O) groups is 1. The van der Waals surface area contributed by atoms with E-state index in [9.17, 15) is 9.59 Å². The predicted molar refractivity (Wildman–Crippen MR) is 86.3 cm³/mol. The molecule has 2 rings (SSSR count). The Bertz CT molecular complexity index is 548. The second-order valence-corrected chi connectivity index (χ2v) is 6.96. The molecule has 0 aliphatic carbocycles. The van der Waals surface area contributed by atoms with Gasteiger partial charge in [-0.05, 0) is 20.3 Å². The van der Waals surface area contributed by atoms with E-state index in [1.54, 1.807) is 9.47 Å². The number of quaternary nitrogens is 1. The van der Waals surface area contributed by atoms with Crippen molar-refractivity contribution in [2.75, 3.05) is 32.7 Å². The molecule has 2 heterocycles. The third-order valence-corrected chi connectivity index (χ3v) is 5.16. The van der Waals surface area contributed by atoms with E-state index in [2.05, 4.69) is 17.1 Å². The van der Waals surface area contributed by atoms with Crippen molar-refractivity contribution in [2.24, 2.45) is 0 Å². The van der Waals surface area contributed by atoms with E-state index in [0.717, 1.165) is 39.1 Å². The lowest BCUT2D eigenvalue weighted by molar-refractivity contribution is -0.902. The SMILES string of the molecule is CCCn1c(S[C@H](C)C(=O)N2CC[NH+](CC)CC2)n[nH]c1=O. The average molecular weight is 328 g/mol. The van der Waals surface area contributed by atoms with Crippen LogP contribution in [-0.4, -0.2) is 63.5 Å². The van der Waals surface area contributed by atoms with E-state index >= 15 is 0 Å². The predicted octanol–water partition coefficient (Wildman–Crippen LogP) is -0.791. The Balaban J connectivity index is 1.96. The average Bonchev–Trinajstić information content (AvgIpc) is 2.88.